The molecule has 0 radical (unpaired) electrons. The van der Waals surface area contributed by atoms with Crippen LogP contribution in [0.1, 0.15) is 42.9 Å². The number of aliphatic carboxylic acids is 1. The summed E-state index contributed by atoms with van der Waals surface area (Å²) in [6, 6.07) is 4.17. The van der Waals surface area contributed by atoms with Gasteiger partial charge in [0.2, 0.25) is 0 Å². The van der Waals surface area contributed by atoms with Gasteiger partial charge in [0.1, 0.15) is 5.75 Å². The predicted molar refractivity (Wildman–Crippen MR) is 72.3 cm³/mol. The molecule has 0 spiro atoms. The number of carbonyl (C=O) groups is 1. The topological polar surface area (TPSA) is 46.5 Å². The highest BCUT2D eigenvalue weighted by atomic mass is 16.5. The molecular weight excluding hydrogens is 228 g/mol. The zero-order valence-corrected chi connectivity index (χ0v) is 11.5. The summed E-state index contributed by atoms with van der Waals surface area (Å²) in [4.78, 5) is 10.5. The number of aryl methyl sites for hydroxylation is 3. The molecule has 1 rings (SSSR count). The molecule has 1 aromatic rings. The van der Waals surface area contributed by atoms with Gasteiger partial charge in [-0.1, -0.05) is 13.0 Å². The van der Waals surface area contributed by atoms with Crippen LogP contribution in [0.5, 0.6) is 5.75 Å². The Morgan fingerprint density at radius 1 is 1.28 bits per heavy atom. The lowest BCUT2D eigenvalue weighted by molar-refractivity contribution is -0.137. The fraction of sp³-hybridized carbons (Fsp3) is 0.533. The summed E-state index contributed by atoms with van der Waals surface area (Å²) in [5.74, 6) is 0.167. The van der Waals surface area contributed by atoms with E-state index in [9.17, 15) is 4.79 Å². The van der Waals surface area contributed by atoms with Gasteiger partial charge in [-0.25, -0.2) is 0 Å². The Morgan fingerprint density at radius 2 is 1.94 bits per heavy atom. The number of carboxylic acids is 1. The van der Waals surface area contributed by atoms with E-state index in [-0.39, 0.29) is 6.42 Å². The molecule has 0 aromatic heterocycles. The van der Waals surface area contributed by atoms with Crippen molar-refractivity contribution in [3.05, 3.63) is 28.8 Å². The first-order valence-electron chi connectivity index (χ1n) is 6.49. The van der Waals surface area contributed by atoms with Gasteiger partial charge < -0.3 is 9.84 Å². The van der Waals surface area contributed by atoms with Gasteiger partial charge >= 0.3 is 5.97 Å². The molecule has 3 heteroatoms. The van der Waals surface area contributed by atoms with Crippen molar-refractivity contribution >= 4 is 5.97 Å². The average molecular weight is 250 g/mol. The summed E-state index contributed by atoms with van der Waals surface area (Å²) in [7, 11) is 0. The first-order valence-corrected chi connectivity index (χ1v) is 6.49. The van der Waals surface area contributed by atoms with E-state index < -0.39 is 5.97 Å². The van der Waals surface area contributed by atoms with E-state index in [1.165, 1.54) is 11.1 Å². The minimum absolute atomic E-state index is 0.208. The van der Waals surface area contributed by atoms with Crippen LogP contribution in [0.3, 0.4) is 0 Å². The highest BCUT2D eigenvalue weighted by Gasteiger charge is 2.07. The fourth-order valence-electron chi connectivity index (χ4n) is 1.82. The molecule has 18 heavy (non-hydrogen) atoms. The molecule has 0 aliphatic heterocycles. The van der Waals surface area contributed by atoms with Crippen molar-refractivity contribution in [1.82, 2.24) is 0 Å². The first kappa shape index (κ1) is 14.6. The molecule has 0 heterocycles. The Balaban J connectivity index is 2.78. The molecule has 0 amide bonds. The maximum Gasteiger partial charge on any atom is 0.303 e. The molecule has 0 aliphatic rings. The standard InChI is InChI=1S/C15H22O3/c1-4-8-18-14-10-12(3)11(2)9-13(14)6-5-7-15(16)17/h9-10H,4-8H2,1-3H3,(H,16,17). The maximum absolute atomic E-state index is 10.5. The first-order chi connectivity index (χ1) is 8.54. The minimum Gasteiger partial charge on any atom is -0.493 e. The number of hydrogen-bond acceptors (Lipinski definition) is 2. The van der Waals surface area contributed by atoms with Crippen LogP contribution in [-0.2, 0) is 11.2 Å². The highest BCUT2D eigenvalue weighted by Crippen LogP contribution is 2.25. The second-order valence-electron chi connectivity index (χ2n) is 4.64. The second-order valence-corrected chi connectivity index (χ2v) is 4.64. The summed E-state index contributed by atoms with van der Waals surface area (Å²) in [6.07, 6.45) is 2.59. The van der Waals surface area contributed by atoms with E-state index >= 15 is 0 Å². The smallest absolute Gasteiger partial charge is 0.303 e. The molecule has 3 nitrogen and oxygen atoms in total. The van der Waals surface area contributed by atoms with Gasteiger partial charge in [0.25, 0.3) is 0 Å². The van der Waals surface area contributed by atoms with Crippen LogP contribution in [-0.4, -0.2) is 17.7 Å². The van der Waals surface area contributed by atoms with E-state index in [0.29, 0.717) is 13.0 Å². The molecule has 1 N–H and O–H groups in total. The van der Waals surface area contributed by atoms with Crippen molar-refractivity contribution in [3.63, 3.8) is 0 Å². The minimum atomic E-state index is -0.741. The molecule has 0 unspecified atom stereocenters. The van der Waals surface area contributed by atoms with Gasteiger partial charge in [-0.05, 0) is 55.9 Å². The van der Waals surface area contributed by atoms with Gasteiger partial charge in [-0.15, -0.1) is 0 Å². The molecule has 1 aromatic carbocycles. The van der Waals surface area contributed by atoms with Crippen molar-refractivity contribution in [2.45, 2.75) is 46.5 Å². The third-order valence-corrected chi connectivity index (χ3v) is 2.98. The van der Waals surface area contributed by atoms with Crippen LogP contribution in [0, 0.1) is 13.8 Å². The number of hydrogen-bond donors (Lipinski definition) is 1. The monoisotopic (exact) mass is 250 g/mol. The van der Waals surface area contributed by atoms with Crippen LogP contribution in [0.15, 0.2) is 12.1 Å². The van der Waals surface area contributed by atoms with E-state index in [2.05, 4.69) is 32.9 Å². The van der Waals surface area contributed by atoms with Crippen molar-refractivity contribution in [1.29, 1.82) is 0 Å². The Kier molecular flexibility index (Phi) is 5.69. The van der Waals surface area contributed by atoms with Crippen LogP contribution < -0.4 is 4.74 Å². The Bertz CT molecular complexity index is 410. The van der Waals surface area contributed by atoms with Gasteiger partial charge in [-0.2, -0.15) is 0 Å². The lowest BCUT2D eigenvalue weighted by Gasteiger charge is -2.13. The summed E-state index contributed by atoms with van der Waals surface area (Å²) >= 11 is 0. The zero-order valence-electron chi connectivity index (χ0n) is 11.5. The van der Waals surface area contributed by atoms with Gasteiger partial charge in [0, 0.05) is 6.42 Å². The average Bonchev–Trinajstić information content (AvgIpc) is 2.31. The SMILES string of the molecule is CCCOc1cc(C)c(C)cc1CCCC(=O)O. The lowest BCUT2D eigenvalue weighted by atomic mass is 10.0. The highest BCUT2D eigenvalue weighted by molar-refractivity contribution is 5.66. The zero-order chi connectivity index (χ0) is 13.5. The van der Waals surface area contributed by atoms with Crippen molar-refractivity contribution in [3.8, 4) is 5.75 Å². The third-order valence-electron chi connectivity index (χ3n) is 2.98. The largest absolute Gasteiger partial charge is 0.493 e. The third kappa shape index (κ3) is 4.40. The molecular formula is C15H22O3. The van der Waals surface area contributed by atoms with Crippen molar-refractivity contribution in [2.75, 3.05) is 6.61 Å². The van der Waals surface area contributed by atoms with E-state index in [1.54, 1.807) is 0 Å². The summed E-state index contributed by atoms with van der Waals surface area (Å²) < 4.78 is 5.73. The summed E-state index contributed by atoms with van der Waals surface area (Å²) in [6.45, 7) is 6.91. The Labute approximate surface area is 109 Å². The molecule has 0 atom stereocenters. The molecule has 100 valence electrons. The quantitative estimate of drug-likeness (QED) is 0.805. The van der Waals surface area contributed by atoms with E-state index in [4.69, 9.17) is 9.84 Å². The van der Waals surface area contributed by atoms with Gasteiger partial charge in [0.05, 0.1) is 6.61 Å². The van der Waals surface area contributed by atoms with Gasteiger partial charge in [-0.3, -0.25) is 4.79 Å². The van der Waals surface area contributed by atoms with Crippen LogP contribution in [0.2, 0.25) is 0 Å². The Hall–Kier alpha value is -1.51. The van der Waals surface area contributed by atoms with Crippen molar-refractivity contribution in [2.24, 2.45) is 0 Å². The number of rotatable bonds is 7. The van der Waals surface area contributed by atoms with Crippen LogP contribution in [0.25, 0.3) is 0 Å². The summed E-state index contributed by atoms with van der Waals surface area (Å²) in [5.41, 5.74) is 3.56. The maximum atomic E-state index is 10.5. The van der Waals surface area contributed by atoms with Gasteiger partial charge in [0.15, 0.2) is 0 Å². The van der Waals surface area contributed by atoms with Crippen molar-refractivity contribution < 1.29 is 14.6 Å². The number of ether oxygens (including phenoxy) is 1. The normalized spacial score (nSPS) is 10.4. The van der Waals surface area contributed by atoms with E-state index in [1.807, 2.05) is 0 Å². The molecule has 0 saturated heterocycles. The molecule has 0 fully saturated rings. The van der Waals surface area contributed by atoms with Crippen LogP contribution in [0.4, 0.5) is 0 Å². The van der Waals surface area contributed by atoms with E-state index in [0.717, 1.165) is 24.2 Å². The number of carboxylic acid groups (broad SMARTS) is 1. The second kappa shape index (κ2) is 7.04. The predicted octanol–water partition coefficient (Wildman–Crippen LogP) is 3.50. The fourth-order valence-corrected chi connectivity index (χ4v) is 1.82. The molecule has 0 aliphatic carbocycles. The lowest BCUT2D eigenvalue weighted by Crippen LogP contribution is -2.02. The summed E-state index contributed by atoms with van der Waals surface area (Å²) in [5, 5.41) is 8.67. The Morgan fingerprint density at radius 3 is 2.56 bits per heavy atom. The molecule has 0 saturated carbocycles. The number of benzene rings is 1. The van der Waals surface area contributed by atoms with Crippen LogP contribution >= 0.6 is 0 Å². The molecule has 0 bridgehead atoms.